The van der Waals surface area contributed by atoms with Crippen LogP contribution in [0.2, 0.25) is 0 Å². The molecule has 0 aliphatic heterocycles. The molecule has 0 spiro atoms. The van der Waals surface area contributed by atoms with Crippen LogP contribution in [0, 0.1) is 17.2 Å². The lowest BCUT2D eigenvalue weighted by Gasteiger charge is -2.00. The first-order chi connectivity index (χ1) is 6.16. The van der Waals surface area contributed by atoms with Gasteiger partial charge in [-0.25, -0.2) is 0 Å². The highest BCUT2D eigenvalue weighted by molar-refractivity contribution is 7.08. The monoisotopic (exact) mass is 194 g/mol. The van der Waals surface area contributed by atoms with Gasteiger partial charge in [0.15, 0.2) is 11.7 Å². The molecule has 5 heteroatoms. The number of hydrogen-bond acceptors (Lipinski definition) is 4. The molecule has 1 aromatic rings. The highest BCUT2D eigenvalue weighted by Crippen LogP contribution is 2.11. The second kappa shape index (κ2) is 3.83. The van der Waals surface area contributed by atoms with Gasteiger partial charge in [0, 0.05) is 10.9 Å². The van der Waals surface area contributed by atoms with Crippen molar-refractivity contribution in [2.75, 3.05) is 0 Å². The maximum atomic E-state index is 11.4. The van der Waals surface area contributed by atoms with Gasteiger partial charge in [-0.3, -0.25) is 9.59 Å². The predicted octanol–water partition coefficient (Wildman–Crippen LogP) is 0.556. The van der Waals surface area contributed by atoms with E-state index in [0.29, 0.717) is 5.56 Å². The Labute approximate surface area is 78.6 Å². The molecule has 0 saturated heterocycles. The van der Waals surface area contributed by atoms with E-state index in [-0.39, 0.29) is 0 Å². The van der Waals surface area contributed by atoms with Crippen LogP contribution in [0.25, 0.3) is 0 Å². The quantitative estimate of drug-likeness (QED) is 0.563. The predicted molar refractivity (Wildman–Crippen MR) is 46.9 cm³/mol. The number of carbonyl (C=O) groups excluding carboxylic acids is 2. The molecular weight excluding hydrogens is 188 g/mol. The Bertz CT molecular complexity index is 364. The van der Waals surface area contributed by atoms with E-state index in [0.717, 1.165) is 0 Å². The fourth-order valence-electron chi connectivity index (χ4n) is 0.823. The third-order valence-electron chi connectivity index (χ3n) is 1.48. The van der Waals surface area contributed by atoms with Gasteiger partial charge in [0.2, 0.25) is 5.91 Å². The zero-order valence-corrected chi connectivity index (χ0v) is 7.38. The molecule has 1 rings (SSSR count). The van der Waals surface area contributed by atoms with Crippen molar-refractivity contribution in [1.82, 2.24) is 0 Å². The fourth-order valence-corrected chi connectivity index (χ4v) is 1.47. The summed E-state index contributed by atoms with van der Waals surface area (Å²) >= 11 is 1.33. The van der Waals surface area contributed by atoms with E-state index in [1.807, 2.05) is 0 Å². The molecule has 1 amide bonds. The van der Waals surface area contributed by atoms with Gasteiger partial charge in [0.1, 0.15) is 0 Å². The summed E-state index contributed by atoms with van der Waals surface area (Å²) in [5.41, 5.74) is 5.23. The highest BCUT2D eigenvalue weighted by atomic mass is 32.1. The van der Waals surface area contributed by atoms with Crippen molar-refractivity contribution < 1.29 is 9.59 Å². The SMILES string of the molecule is N#CC(C(N)=O)C(=O)c1ccsc1. The van der Waals surface area contributed by atoms with E-state index < -0.39 is 17.6 Å². The third kappa shape index (κ3) is 1.92. The number of Topliss-reactive ketones (excluding diaryl/α,β-unsaturated/α-hetero) is 1. The first kappa shape index (κ1) is 9.42. The van der Waals surface area contributed by atoms with Crippen LogP contribution in [-0.2, 0) is 4.79 Å². The molecule has 0 radical (unpaired) electrons. The van der Waals surface area contributed by atoms with Crippen LogP contribution < -0.4 is 5.73 Å². The van der Waals surface area contributed by atoms with Gasteiger partial charge >= 0.3 is 0 Å². The van der Waals surface area contributed by atoms with Gasteiger partial charge in [-0.2, -0.15) is 16.6 Å². The largest absolute Gasteiger partial charge is 0.368 e. The number of nitriles is 1. The van der Waals surface area contributed by atoms with Crippen molar-refractivity contribution in [3.05, 3.63) is 22.4 Å². The molecule has 1 heterocycles. The van der Waals surface area contributed by atoms with Crippen molar-refractivity contribution in [3.63, 3.8) is 0 Å². The number of carbonyl (C=O) groups is 2. The second-order valence-electron chi connectivity index (χ2n) is 2.34. The van der Waals surface area contributed by atoms with Crippen molar-refractivity contribution in [1.29, 1.82) is 5.26 Å². The van der Waals surface area contributed by atoms with Crippen LogP contribution >= 0.6 is 11.3 Å². The Morgan fingerprint density at radius 3 is 2.69 bits per heavy atom. The third-order valence-corrected chi connectivity index (χ3v) is 2.16. The number of nitrogens with two attached hydrogens (primary N) is 1. The Morgan fingerprint density at radius 1 is 1.62 bits per heavy atom. The molecule has 0 aromatic carbocycles. The number of nitrogens with zero attached hydrogens (tertiary/aromatic N) is 1. The average molecular weight is 194 g/mol. The van der Waals surface area contributed by atoms with Crippen LogP contribution in [0.3, 0.4) is 0 Å². The Morgan fingerprint density at radius 2 is 2.31 bits per heavy atom. The molecule has 0 bridgehead atoms. The van der Waals surface area contributed by atoms with Gasteiger partial charge in [-0.15, -0.1) is 0 Å². The number of primary amides is 1. The molecule has 0 aliphatic rings. The van der Waals surface area contributed by atoms with Crippen molar-refractivity contribution >= 4 is 23.0 Å². The minimum absolute atomic E-state index is 0.357. The topological polar surface area (TPSA) is 83.9 Å². The van der Waals surface area contributed by atoms with E-state index in [1.165, 1.54) is 11.3 Å². The lowest BCUT2D eigenvalue weighted by Crippen LogP contribution is -2.28. The normalized spacial score (nSPS) is 11.6. The van der Waals surface area contributed by atoms with Crippen LogP contribution in [0.5, 0.6) is 0 Å². The van der Waals surface area contributed by atoms with Gasteiger partial charge in [0.05, 0.1) is 6.07 Å². The molecule has 0 saturated carbocycles. The van der Waals surface area contributed by atoms with Crippen LogP contribution in [0.1, 0.15) is 10.4 Å². The molecular formula is C8H6N2O2S. The van der Waals surface area contributed by atoms with E-state index in [2.05, 4.69) is 0 Å². The number of ketones is 1. The number of amides is 1. The fraction of sp³-hybridized carbons (Fsp3) is 0.125. The molecule has 0 fully saturated rings. The van der Waals surface area contributed by atoms with Gasteiger partial charge in [0.25, 0.3) is 0 Å². The minimum Gasteiger partial charge on any atom is -0.368 e. The first-order valence-electron chi connectivity index (χ1n) is 3.42. The summed E-state index contributed by atoms with van der Waals surface area (Å²) in [4.78, 5) is 22.0. The van der Waals surface area contributed by atoms with Gasteiger partial charge in [-0.05, 0) is 11.4 Å². The summed E-state index contributed by atoms with van der Waals surface area (Å²) in [6.07, 6.45) is 0. The van der Waals surface area contributed by atoms with Crippen molar-refractivity contribution in [2.45, 2.75) is 0 Å². The minimum atomic E-state index is -1.37. The highest BCUT2D eigenvalue weighted by Gasteiger charge is 2.25. The molecule has 66 valence electrons. The zero-order valence-electron chi connectivity index (χ0n) is 6.56. The zero-order chi connectivity index (χ0) is 9.84. The summed E-state index contributed by atoms with van der Waals surface area (Å²) in [5.74, 6) is -2.80. The lowest BCUT2D eigenvalue weighted by molar-refractivity contribution is -0.119. The molecule has 1 unspecified atom stereocenters. The van der Waals surface area contributed by atoms with Crippen LogP contribution in [-0.4, -0.2) is 11.7 Å². The lowest BCUT2D eigenvalue weighted by atomic mass is 10.0. The second-order valence-corrected chi connectivity index (χ2v) is 3.12. The van der Waals surface area contributed by atoms with Crippen molar-refractivity contribution in [3.8, 4) is 6.07 Å². The van der Waals surface area contributed by atoms with Gasteiger partial charge in [-0.1, -0.05) is 0 Å². The number of hydrogen-bond donors (Lipinski definition) is 1. The summed E-state index contributed by atoms with van der Waals surface area (Å²) < 4.78 is 0. The number of rotatable bonds is 3. The Balaban J connectivity index is 2.91. The maximum absolute atomic E-state index is 11.4. The first-order valence-corrected chi connectivity index (χ1v) is 4.36. The van der Waals surface area contributed by atoms with Crippen LogP contribution in [0.15, 0.2) is 16.8 Å². The summed E-state index contributed by atoms with van der Waals surface area (Å²) in [6, 6.07) is 3.13. The molecule has 4 nitrogen and oxygen atoms in total. The van der Waals surface area contributed by atoms with E-state index >= 15 is 0 Å². The Hall–Kier alpha value is -1.67. The summed E-state index contributed by atoms with van der Waals surface area (Å²) in [7, 11) is 0. The Kier molecular flexibility index (Phi) is 2.77. The molecule has 1 aromatic heterocycles. The molecule has 2 N–H and O–H groups in total. The van der Waals surface area contributed by atoms with E-state index in [9.17, 15) is 9.59 Å². The van der Waals surface area contributed by atoms with E-state index in [1.54, 1.807) is 22.9 Å². The smallest absolute Gasteiger partial charge is 0.242 e. The molecule has 1 atom stereocenters. The van der Waals surface area contributed by atoms with Crippen LogP contribution in [0.4, 0.5) is 0 Å². The van der Waals surface area contributed by atoms with E-state index in [4.69, 9.17) is 11.0 Å². The summed E-state index contributed by atoms with van der Waals surface area (Å²) in [5, 5.41) is 11.8. The average Bonchev–Trinajstić information content (AvgIpc) is 2.56. The summed E-state index contributed by atoms with van der Waals surface area (Å²) in [6.45, 7) is 0. The molecule has 0 aliphatic carbocycles. The van der Waals surface area contributed by atoms with Crippen molar-refractivity contribution in [2.24, 2.45) is 11.7 Å². The number of thiophene rings is 1. The standard InChI is InChI=1S/C8H6N2O2S/c9-3-6(8(10)12)7(11)5-1-2-13-4-5/h1-2,4,6H,(H2,10,12). The molecule has 13 heavy (non-hydrogen) atoms. The van der Waals surface area contributed by atoms with Gasteiger partial charge < -0.3 is 5.73 Å². The maximum Gasteiger partial charge on any atom is 0.242 e.